The highest BCUT2D eigenvalue weighted by atomic mass is 32.2. The standard InChI is InChI=1S/C20H18N2O4S2/c1-22-19(24)17-12-3-2-4-16(12)28-18(17)21-20(22)27-10-13(23)11-5-6-14-15(9-11)26-8-7-25-14/h5-6,9H,2-4,7-8,10H2,1H3. The number of nitrogens with zero attached hydrogens (tertiary/aromatic N) is 2. The molecule has 0 amide bonds. The zero-order valence-corrected chi connectivity index (χ0v) is 17.0. The topological polar surface area (TPSA) is 70.4 Å². The molecular formula is C20H18N2O4S2. The van der Waals surface area contributed by atoms with Crippen LogP contribution in [0.25, 0.3) is 10.2 Å². The Kier molecular flexibility index (Phi) is 4.40. The number of ether oxygens (including phenoxy) is 2. The quantitative estimate of drug-likeness (QED) is 0.371. The Morgan fingerprint density at radius 1 is 1.25 bits per heavy atom. The fraction of sp³-hybridized carbons (Fsp3) is 0.350. The zero-order chi connectivity index (χ0) is 19.3. The van der Waals surface area contributed by atoms with Crippen molar-refractivity contribution in [3.8, 4) is 11.5 Å². The van der Waals surface area contributed by atoms with Crippen molar-refractivity contribution >= 4 is 39.1 Å². The number of carbonyl (C=O) groups is 1. The average molecular weight is 415 g/mol. The summed E-state index contributed by atoms with van der Waals surface area (Å²) in [5.74, 6) is 1.43. The van der Waals surface area contributed by atoms with Crippen LogP contribution >= 0.6 is 23.1 Å². The molecule has 0 bridgehead atoms. The molecule has 3 heterocycles. The molecule has 0 fully saturated rings. The molecule has 0 saturated heterocycles. The number of fused-ring (bicyclic) bond motifs is 4. The number of Topliss-reactive ketones (excluding diaryl/α,β-unsaturated/α-hetero) is 1. The molecule has 0 saturated carbocycles. The molecule has 1 aliphatic heterocycles. The van der Waals surface area contributed by atoms with Gasteiger partial charge in [0.2, 0.25) is 0 Å². The number of thiophene rings is 1. The predicted molar refractivity (Wildman–Crippen MR) is 109 cm³/mol. The molecule has 6 nitrogen and oxygen atoms in total. The number of carbonyl (C=O) groups excluding carboxylic acids is 1. The van der Waals surface area contributed by atoms with Crippen LogP contribution in [-0.4, -0.2) is 34.3 Å². The number of thioether (sulfide) groups is 1. The van der Waals surface area contributed by atoms with Gasteiger partial charge in [-0.15, -0.1) is 11.3 Å². The van der Waals surface area contributed by atoms with Gasteiger partial charge in [0.25, 0.3) is 5.56 Å². The normalized spacial score (nSPS) is 15.0. The van der Waals surface area contributed by atoms with Gasteiger partial charge in [0, 0.05) is 17.5 Å². The van der Waals surface area contributed by atoms with Crippen molar-refractivity contribution in [3.05, 3.63) is 44.6 Å². The summed E-state index contributed by atoms with van der Waals surface area (Å²) in [4.78, 5) is 32.3. The lowest BCUT2D eigenvalue weighted by molar-refractivity contribution is 0.102. The first-order valence-electron chi connectivity index (χ1n) is 9.19. The summed E-state index contributed by atoms with van der Waals surface area (Å²) in [5.41, 5.74) is 1.73. The summed E-state index contributed by atoms with van der Waals surface area (Å²) < 4.78 is 12.6. The Bertz CT molecular complexity index is 1170. The predicted octanol–water partition coefficient (Wildman–Crippen LogP) is 3.23. The SMILES string of the molecule is Cn1c(SCC(=O)c2ccc3c(c2)OCCO3)nc2sc3c(c2c1=O)CCC3. The van der Waals surface area contributed by atoms with Gasteiger partial charge < -0.3 is 9.47 Å². The molecule has 1 aromatic carbocycles. The number of aromatic nitrogens is 2. The summed E-state index contributed by atoms with van der Waals surface area (Å²) >= 11 is 2.91. The van der Waals surface area contributed by atoms with Crippen molar-refractivity contribution in [3.63, 3.8) is 0 Å². The Balaban J connectivity index is 1.39. The van der Waals surface area contributed by atoms with Crippen LogP contribution in [0.5, 0.6) is 11.5 Å². The lowest BCUT2D eigenvalue weighted by atomic mass is 10.1. The van der Waals surface area contributed by atoms with E-state index in [4.69, 9.17) is 9.47 Å². The minimum absolute atomic E-state index is 0.0151. The molecule has 2 aliphatic rings. The fourth-order valence-corrected chi connectivity index (χ4v) is 5.83. The Hall–Kier alpha value is -2.32. The summed E-state index contributed by atoms with van der Waals surface area (Å²) in [6.45, 7) is 1.00. The van der Waals surface area contributed by atoms with E-state index in [1.807, 2.05) is 0 Å². The number of rotatable bonds is 4. The second-order valence-electron chi connectivity index (χ2n) is 6.87. The lowest BCUT2D eigenvalue weighted by Gasteiger charge is -2.18. The van der Waals surface area contributed by atoms with Crippen molar-refractivity contribution in [1.82, 2.24) is 9.55 Å². The van der Waals surface area contributed by atoms with Gasteiger partial charge in [-0.3, -0.25) is 14.2 Å². The fourth-order valence-electron chi connectivity index (χ4n) is 3.66. The van der Waals surface area contributed by atoms with Crippen LogP contribution in [0.2, 0.25) is 0 Å². The largest absolute Gasteiger partial charge is 0.486 e. The van der Waals surface area contributed by atoms with E-state index in [0.29, 0.717) is 35.4 Å². The van der Waals surface area contributed by atoms with Crippen LogP contribution in [-0.2, 0) is 19.9 Å². The molecule has 5 rings (SSSR count). The highest BCUT2D eigenvalue weighted by Crippen LogP contribution is 2.36. The van der Waals surface area contributed by atoms with Crippen molar-refractivity contribution in [2.75, 3.05) is 19.0 Å². The summed E-state index contributed by atoms with van der Waals surface area (Å²) in [5, 5.41) is 1.34. The van der Waals surface area contributed by atoms with Crippen molar-refractivity contribution in [2.24, 2.45) is 7.05 Å². The molecule has 0 radical (unpaired) electrons. The third-order valence-electron chi connectivity index (χ3n) is 5.10. The Labute approximate surface area is 169 Å². The Morgan fingerprint density at radius 2 is 2.07 bits per heavy atom. The molecule has 0 N–H and O–H groups in total. The highest BCUT2D eigenvalue weighted by molar-refractivity contribution is 7.99. The number of benzene rings is 1. The van der Waals surface area contributed by atoms with E-state index in [9.17, 15) is 9.59 Å². The molecule has 0 unspecified atom stereocenters. The van der Waals surface area contributed by atoms with Crippen molar-refractivity contribution < 1.29 is 14.3 Å². The van der Waals surface area contributed by atoms with E-state index >= 15 is 0 Å². The molecule has 1 aliphatic carbocycles. The third-order valence-corrected chi connectivity index (χ3v) is 7.32. The number of aryl methyl sites for hydroxylation is 2. The summed E-state index contributed by atoms with van der Waals surface area (Å²) in [6.07, 6.45) is 3.10. The first-order valence-corrected chi connectivity index (χ1v) is 11.0. The number of hydrogen-bond acceptors (Lipinski definition) is 7. The van der Waals surface area contributed by atoms with Crippen molar-refractivity contribution in [1.29, 1.82) is 0 Å². The van der Waals surface area contributed by atoms with E-state index < -0.39 is 0 Å². The van der Waals surface area contributed by atoms with Gasteiger partial charge in [0.1, 0.15) is 18.0 Å². The maximum Gasteiger partial charge on any atom is 0.262 e. The van der Waals surface area contributed by atoms with Gasteiger partial charge in [0.15, 0.2) is 22.4 Å². The van der Waals surface area contributed by atoms with Crippen LogP contribution in [0.1, 0.15) is 27.2 Å². The molecule has 28 heavy (non-hydrogen) atoms. The van der Waals surface area contributed by atoms with Gasteiger partial charge in [-0.05, 0) is 43.0 Å². The minimum atomic E-state index is -0.0370. The molecule has 2 aromatic heterocycles. The lowest BCUT2D eigenvalue weighted by Crippen LogP contribution is -2.20. The van der Waals surface area contributed by atoms with Gasteiger partial charge in [0.05, 0.1) is 11.1 Å². The van der Waals surface area contributed by atoms with Gasteiger partial charge >= 0.3 is 0 Å². The first kappa shape index (κ1) is 17.8. The van der Waals surface area contributed by atoms with Crippen LogP contribution in [0.4, 0.5) is 0 Å². The second kappa shape index (κ2) is 6.93. The van der Waals surface area contributed by atoms with Crippen LogP contribution in [0, 0.1) is 0 Å². The molecule has 3 aromatic rings. The molecule has 0 atom stereocenters. The van der Waals surface area contributed by atoms with Gasteiger partial charge in [-0.1, -0.05) is 11.8 Å². The molecular weight excluding hydrogens is 396 g/mol. The third kappa shape index (κ3) is 2.91. The van der Waals surface area contributed by atoms with E-state index in [2.05, 4.69) is 4.98 Å². The van der Waals surface area contributed by atoms with Crippen molar-refractivity contribution in [2.45, 2.75) is 24.4 Å². The number of ketones is 1. The molecule has 8 heteroatoms. The maximum atomic E-state index is 12.8. The zero-order valence-electron chi connectivity index (χ0n) is 15.3. The minimum Gasteiger partial charge on any atom is -0.486 e. The first-order chi connectivity index (χ1) is 13.6. The van der Waals surface area contributed by atoms with E-state index in [1.165, 1.54) is 22.2 Å². The summed E-state index contributed by atoms with van der Waals surface area (Å²) in [6, 6.07) is 5.23. The van der Waals surface area contributed by atoms with E-state index in [-0.39, 0.29) is 17.1 Å². The molecule has 144 valence electrons. The molecule has 0 spiro atoms. The maximum absolute atomic E-state index is 12.8. The van der Waals surface area contributed by atoms with Gasteiger partial charge in [-0.2, -0.15) is 0 Å². The van der Waals surface area contributed by atoms with E-state index in [1.54, 1.807) is 41.2 Å². The number of hydrogen-bond donors (Lipinski definition) is 0. The monoisotopic (exact) mass is 414 g/mol. The Morgan fingerprint density at radius 3 is 2.93 bits per heavy atom. The second-order valence-corrected chi connectivity index (χ2v) is 8.89. The van der Waals surface area contributed by atoms with Gasteiger partial charge in [-0.25, -0.2) is 4.98 Å². The highest BCUT2D eigenvalue weighted by Gasteiger charge is 2.23. The van der Waals surface area contributed by atoms with Crippen LogP contribution in [0.15, 0.2) is 28.2 Å². The van der Waals surface area contributed by atoms with Crippen LogP contribution < -0.4 is 15.0 Å². The van der Waals surface area contributed by atoms with Crippen LogP contribution in [0.3, 0.4) is 0 Å². The average Bonchev–Trinajstić information content (AvgIpc) is 3.29. The smallest absolute Gasteiger partial charge is 0.262 e. The summed E-state index contributed by atoms with van der Waals surface area (Å²) in [7, 11) is 1.73. The van der Waals surface area contributed by atoms with E-state index in [0.717, 1.165) is 29.5 Å².